The summed E-state index contributed by atoms with van der Waals surface area (Å²) in [7, 11) is 0. The lowest BCUT2D eigenvalue weighted by Crippen LogP contribution is -2.52. The second kappa shape index (κ2) is 5.17. The normalized spacial score (nSPS) is 26.0. The van der Waals surface area contributed by atoms with Crippen molar-refractivity contribution in [2.24, 2.45) is 5.41 Å². The van der Waals surface area contributed by atoms with Crippen LogP contribution in [0.3, 0.4) is 0 Å². The van der Waals surface area contributed by atoms with E-state index in [4.69, 9.17) is 11.6 Å². The molecule has 0 aliphatic heterocycles. The first-order chi connectivity index (χ1) is 8.16. The Balaban J connectivity index is 2.04. The fraction of sp³-hybridized carbons (Fsp3) is 0.929. The summed E-state index contributed by atoms with van der Waals surface area (Å²) in [6.07, 6.45) is 10.0. The molecule has 98 valence electrons. The summed E-state index contributed by atoms with van der Waals surface area (Å²) in [6, 6.07) is 0. The zero-order chi connectivity index (χ0) is 12.4. The Morgan fingerprint density at radius 2 is 1.65 bits per heavy atom. The number of amides is 1. The highest BCUT2D eigenvalue weighted by atomic mass is 35.5. The largest absolute Gasteiger partial charge is 0.349 e. The summed E-state index contributed by atoms with van der Waals surface area (Å²) < 4.78 is 0. The predicted molar refractivity (Wildman–Crippen MR) is 71.3 cm³/mol. The van der Waals surface area contributed by atoms with Gasteiger partial charge >= 0.3 is 0 Å². The monoisotopic (exact) mass is 257 g/mol. The first-order valence-corrected chi connectivity index (χ1v) is 7.58. The van der Waals surface area contributed by atoms with E-state index >= 15 is 0 Å². The van der Waals surface area contributed by atoms with E-state index in [9.17, 15) is 4.79 Å². The Hall–Kier alpha value is -0.240. The molecular weight excluding hydrogens is 234 g/mol. The third-order valence-electron chi connectivity index (χ3n) is 4.91. The van der Waals surface area contributed by atoms with Crippen molar-refractivity contribution < 1.29 is 4.79 Å². The van der Waals surface area contributed by atoms with E-state index in [2.05, 4.69) is 12.2 Å². The van der Waals surface area contributed by atoms with Crippen molar-refractivity contribution in [2.75, 3.05) is 5.88 Å². The van der Waals surface area contributed by atoms with Crippen LogP contribution in [0.25, 0.3) is 0 Å². The number of carbonyl (C=O) groups excluding carboxylic acids is 1. The highest BCUT2D eigenvalue weighted by Crippen LogP contribution is 2.42. The van der Waals surface area contributed by atoms with Crippen LogP contribution in [0.2, 0.25) is 0 Å². The molecule has 2 saturated carbocycles. The van der Waals surface area contributed by atoms with Crippen molar-refractivity contribution >= 4 is 17.5 Å². The molecular formula is C14H24ClNO. The van der Waals surface area contributed by atoms with Gasteiger partial charge in [-0.2, -0.15) is 0 Å². The molecule has 0 atom stereocenters. The molecule has 0 aromatic rings. The van der Waals surface area contributed by atoms with E-state index in [1.165, 1.54) is 25.7 Å². The van der Waals surface area contributed by atoms with Crippen LogP contribution >= 0.6 is 11.6 Å². The Bertz CT molecular complexity index is 278. The molecule has 0 saturated heterocycles. The molecule has 17 heavy (non-hydrogen) atoms. The van der Waals surface area contributed by atoms with Crippen molar-refractivity contribution in [1.82, 2.24) is 5.32 Å². The summed E-state index contributed by atoms with van der Waals surface area (Å²) in [4.78, 5) is 12.5. The van der Waals surface area contributed by atoms with Crippen molar-refractivity contribution in [1.29, 1.82) is 0 Å². The van der Waals surface area contributed by atoms with Gasteiger partial charge in [-0.15, -0.1) is 11.6 Å². The van der Waals surface area contributed by atoms with E-state index in [0.717, 1.165) is 32.1 Å². The van der Waals surface area contributed by atoms with Gasteiger partial charge in [-0.05, 0) is 32.1 Å². The number of carbonyl (C=O) groups is 1. The predicted octanol–water partition coefficient (Wildman–Crippen LogP) is 3.62. The Morgan fingerprint density at radius 3 is 2.12 bits per heavy atom. The van der Waals surface area contributed by atoms with Crippen molar-refractivity contribution in [3.05, 3.63) is 0 Å². The highest BCUT2D eigenvalue weighted by molar-refractivity contribution is 6.18. The molecule has 0 heterocycles. The molecule has 1 N–H and O–H groups in total. The minimum Gasteiger partial charge on any atom is -0.349 e. The van der Waals surface area contributed by atoms with Gasteiger partial charge in [0.25, 0.3) is 0 Å². The average molecular weight is 258 g/mol. The standard InChI is InChI=1S/C14H24ClNO/c1-2-13(7-3-4-8-13)12(17)16-14(11-15)9-5-6-10-14/h2-11H2,1H3,(H,16,17). The van der Waals surface area contributed by atoms with Gasteiger partial charge < -0.3 is 5.32 Å². The molecule has 3 heteroatoms. The van der Waals surface area contributed by atoms with Gasteiger partial charge in [-0.1, -0.05) is 32.6 Å². The summed E-state index contributed by atoms with van der Waals surface area (Å²) in [5, 5.41) is 3.30. The molecule has 0 radical (unpaired) electrons. The maximum absolute atomic E-state index is 12.5. The third kappa shape index (κ3) is 2.47. The molecule has 0 aromatic heterocycles. The van der Waals surface area contributed by atoms with Crippen LogP contribution in [-0.2, 0) is 4.79 Å². The Labute approximate surface area is 109 Å². The molecule has 0 bridgehead atoms. The van der Waals surface area contributed by atoms with Crippen LogP contribution in [-0.4, -0.2) is 17.3 Å². The number of rotatable bonds is 4. The van der Waals surface area contributed by atoms with Crippen LogP contribution in [0.5, 0.6) is 0 Å². The van der Waals surface area contributed by atoms with E-state index in [1.807, 2.05) is 0 Å². The third-order valence-corrected chi connectivity index (χ3v) is 5.43. The van der Waals surface area contributed by atoms with E-state index in [0.29, 0.717) is 5.88 Å². The first kappa shape index (κ1) is 13.2. The first-order valence-electron chi connectivity index (χ1n) is 7.05. The second-order valence-electron chi connectivity index (χ2n) is 5.92. The second-order valence-corrected chi connectivity index (χ2v) is 6.18. The van der Waals surface area contributed by atoms with Gasteiger partial charge in [0.05, 0.1) is 5.54 Å². The topological polar surface area (TPSA) is 29.1 Å². The number of hydrogen-bond acceptors (Lipinski definition) is 1. The minimum absolute atomic E-state index is 0.0817. The van der Waals surface area contributed by atoms with Gasteiger partial charge in [0.15, 0.2) is 0 Å². The summed E-state index contributed by atoms with van der Waals surface area (Å²) in [6.45, 7) is 2.15. The summed E-state index contributed by atoms with van der Waals surface area (Å²) >= 11 is 6.09. The molecule has 1 amide bonds. The van der Waals surface area contributed by atoms with Crippen molar-refractivity contribution in [2.45, 2.75) is 70.3 Å². The Morgan fingerprint density at radius 1 is 1.12 bits per heavy atom. The van der Waals surface area contributed by atoms with E-state index in [-0.39, 0.29) is 16.9 Å². The highest BCUT2D eigenvalue weighted by Gasteiger charge is 2.43. The van der Waals surface area contributed by atoms with Gasteiger partial charge in [0.2, 0.25) is 5.91 Å². The van der Waals surface area contributed by atoms with Gasteiger partial charge in [0.1, 0.15) is 0 Å². The van der Waals surface area contributed by atoms with Crippen molar-refractivity contribution in [3.63, 3.8) is 0 Å². The Kier molecular flexibility index (Phi) is 4.02. The van der Waals surface area contributed by atoms with Crippen LogP contribution in [0.4, 0.5) is 0 Å². The van der Waals surface area contributed by atoms with Crippen molar-refractivity contribution in [3.8, 4) is 0 Å². The number of halogens is 1. The lowest BCUT2D eigenvalue weighted by Gasteiger charge is -2.34. The zero-order valence-corrected chi connectivity index (χ0v) is 11.6. The summed E-state index contributed by atoms with van der Waals surface area (Å²) in [5.74, 6) is 0.846. The van der Waals surface area contributed by atoms with Gasteiger partial charge in [0, 0.05) is 11.3 Å². The smallest absolute Gasteiger partial charge is 0.226 e. The SMILES string of the molecule is CCC1(C(=O)NC2(CCl)CCCC2)CCCC1. The zero-order valence-electron chi connectivity index (χ0n) is 10.9. The summed E-state index contributed by atoms with van der Waals surface area (Å²) in [5.41, 5.74) is -0.176. The number of nitrogens with one attached hydrogen (secondary N) is 1. The molecule has 2 aliphatic rings. The van der Waals surface area contributed by atoms with E-state index < -0.39 is 0 Å². The van der Waals surface area contributed by atoms with Gasteiger partial charge in [-0.3, -0.25) is 4.79 Å². The number of alkyl halides is 1. The van der Waals surface area contributed by atoms with E-state index in [1.54, 1.807) is 0 Å². The fourth-order valence-electron chi connectivity index (χ4n) is 3.51. The molecule has 0 spiro atoms. The average Bonchev–Trinajstić information content (AvgIpc) is 2.98. The number of hydrogen-bond donors (Lipinski definition) is 1. The maximum Gasteiger partial charge on any atom is 0.226 e. The lowest BCUT2D eigenvalue weighted by molar-refractivity contribution is -0.132. The lowest BCUT2D eigenvalue weighted by atomic mass is 9.81. The van der Waals surface area contributed by atoms with Crippen LogP contribution < -0.4 is 5.32 Å². The minimum atomic E-state index is -0.0939. The molecule has 2 rings (SSSR count). The van der Waals surface area contributed by atoms with Gasteiger partial charge in [-0.25, -0.2) is 0 Å². The molecule has 0 unspecified atom stereocenters. The quantitative estimate of drug-likeness (QED) is 0.766. The van der Waals surface area contributed by atoms with Crippen LogP contribution in [0.1, 0.15) is 64.7 Å². The molecule has 2 fully saturated rings. The van der Waals surface area contributed by atoms with Crippen LogP contribution in [0, 0.1) is 5.41 Å². The molecule has 2 aliphatic carbocycles. The molecule has 0 aromatic carbocycles. The van der Waals surface area contributed by atoms with Crippen LogP contribution in [0.15, 0.2) is 0 Å². The maximum atomic E-state index is 12.5. The molecule has 2 nitrogen and oxygen atoms in total. The fourth-order valence-corrected chi connectivity index (χ4v) is 3.84.